The van der Waals surface area contributed by atoms with E-state index < -0.39 is 0 Å². The van der Waals surface area contributed by atoms with Crippen molar-refractivity contribution >= 4 is 17.2 Å². The minimum Gasteiger partial charge on any atom is -0.342 e. The van der Waals surface area contributed by atoms with Gasteiger partial charge in [0.1, 0.15) is 0 Å². The van der Waals surface area contributed by atoms with Crippen LogP contribution < -0.4 is 5.32 Å². The fraction of sp³-hybridized carbons (Fsp3) is 0.667. The highest BCUT2D eigenvalue weighted by Gasteiger charge is 2.36. The fourth-order valence-electron chi connectivity index (χ4n) is 2.88. The van der Waals surface area contributed by atoms with Gasteiger partial charge in [-0.3, -0.25) is 4.79 Å². The summed E-state index contributed by atoms with van der Waals surface area (Å²) < 4.78 is 0. The number of nitrogens with one attached hydrogen (secondary N) is 1. The Morgan fingerprint density at radius 1 is 1.47 bits per heavy atom. The molecule has 0 spiro atoms. The molecule has 1 aromatic heterocycles. The lowest BCUT2D eigenvalue weighted by Crippen LogP contribution is -2.50. The standard InChI is InChI=1S/C15H22N2OS/c1-11-9-17(15(18)13-2-3-13)6-4-14(11)16-8-12-5-7-19-10-12/h5,7,10-11,13-14,16H,2-4,6,8-9H2,1H3. The zero-order chi connectivity index (χ0) is 13.2. The Bertz CT molecular complexity index is 427. The topological polar surface area (TPSA) is 32.3 Å². The molecule has 2 aliphatic rings. The average molecular weight is 278 g/mol. The molecule has 1 N–H and O–H groups in total. The van der Waals surface area contributed by atoms with Crippen LogP contribution in [-0.2, 0) is 11.3 Å². The number of carbonyl (C=O) groups is 1. The Labute approximate surface area is 119 Å². The molecule has 19 heavy (non-hydrogen) atoms. The molecule has 0 aromatic carbocycles. The van der Waals surface area contributed by atoms with Gasteiger partial charge in [0, 0.05) is 31.6 Å². The third-order valence-electron chi connectivity index (χ3n) is 4.29. The monoisotopic (exact) mass is 278 g/mol. The highest BCUT2D eigenvalue weighted by atomic mass is 32.1. The summed E-state index contributed by atoms with van der Waals surface area (Å²) in [5.41, 5.74) is 1.37. The van der Waals surface area contributed by atoms with E-state index in [0.29, 0.717) is 23.8 Å². The van der Waals surface area contributed by atoms with Crippen LogP contribution in [0.4, 0.5) is 0 Å². The molecule has 3 rings (SSSR count). The molecule has 2 heterocycles. The maximum absolute atomic E-state index is 12.1. The molecule has 1 saturated carbocycles. The van der Waals surface area contributed by atoms with Gasteiger partial charge in [0.15, 0.2) is 0 Å². The minimum absolute atomic E-state index is 0.363. The van der Waals surface area contributed by atoms with E-state index in [1.54, 1.807) is 11.3 Å². The Hall–Kier alpha value is -0.870. The van der Waals surface area contributed by atoms with Crippen LogP contribution in [0.5, 0.6) is 0 Å². The number of carbonyl (C=O) groups excluding carboxylic acids is 1. The van der Waals surface area contributed by atoms with E-state index in [1.165, 1.54) is 5.56 Å². The van der Waals surface area contributed by atoms with Crippen LogP contribution in [0.3, 0.4) is 0 Å². The first-order valence-corrected chi connectivity index (χ1v) is 8.21. The quantitative estimate of drug-likeness (QED) is 0.917. The van der Waals surface area contributed by atoms with Crippen molar-refractivity contribution in [2.24, 2.45) is 11.8 Å². The number of hydrogen-bond acceptors (Lipinski definition) is 3. The Balaban J connectivity index is 1.48. The summed E-state index contributed by atoms with van der Waals surface area (Å²) in [5, 5.41) is 7.97. The summed E-state index contributed by atoms with van der Waals surface area (Å²) >= 11 is 1.75. The minimum atomic E-state index is 0.363. The van der Waals surface area contributed by atoms with Gasteiger partial charge in [0.2, 0.25) is 5.91 Å². The molecule has 2 fully saturated rings. The first-order valence-electron chi connectivity index (χ1n) is 7.27. The first kappa shape index (κ1) is 13.1. The van der Waals surface area contributed by atoms with Gasteiger partial charge in [0.25, 0.3) is 0 Å². The summed E-state index contributed by atoms with van der Waals surface area (Å²) in [7, 11) is 0. The number of likely N-dealkylation sites (tertiary alicyclic amines) is 1. The van der Waals surface area contributed by atoms with E-state index >= 15 is 0 Å². The van der Waals surface area contributed by atoms with Crippen LogP contribution in [0.2, 0.25) is 0 Å². The molecule has 1 amide bonds. The van der Waals surface area contributed by atoms with Crippen molar-refractivity contribution in [3.05, 3.63) is 22.4 Å². The Morgan fingerprint density at radius 2 is 2.32 bits per heavy atom. The molecule has 3 nitrogen and oxygen atoms in total. The van der Waals surface area contributed by atoms with Gasteiger partial charge < -0.3 is 10.2 Å². The summed E-state index contributed by atoms with van der Waals surface area (Å²) in [6, 6.07) is 2.72. The van der Waals surface area contributed by atoms with Gasteiger partial charge in [-0.2, -0.15) is 11.3 Å². The lowest BCUT2D eigenvalue weighted by atomic mass is 9.93. The van der Waals surface area contributed by atoms with Crippen LogP contribution in [0.1, 0.15) is 31.7 Å². The molecule has 2 atom stereocenters. The van der Waals surface area contributed by atoms with E-state index in [0.717, 1.165) is 38.9 Å². The largest absolute Gasteiger partial charge is 0.342 e. The van der Waals surface area contributed by atoms with Crippen LogP contribution in [0.15, 0.2) is 16.8 Å². The van der Waals surface area contributed by atoms with E-state index in [1.807, 2.05) is 0 Å². The van der Waals surface area contributed by atoms with Crippen LogP contribution in [0, 0.1) is 11.8 Å². The predicted octanol–water partition coefficient (Wildman–Crippen LogP) is 2.48. The van der Waals surface area contributed by atoms with Crippen molar-refractivity contribution in [1.29, 1.82) is 0 Å². The number of nitrogens with zero attached hydrogens (tertiary/aromatic N) is 1. The Kier molecular flexibility index (Phi) is 3.89. The van der Waals surface area contributed by atoms with Crippen molar-refractivity contribution < 1.29 is 4.79 Å². The highest BCUT2D eigenvalue weighted by Crippen LogP contribution is 2.32. The van der Waals surface area contributed by atoms with E-state index in [4.69, 9.17) is 0 Å². The zero-order valence-electron chi connectivity index (χ0n) is 11.5. The van der Waals surface area contributed by atoms with Gasteiger partial charge in [-0.15, -0.1) is 0 Å². The van der Waals surface area contributed by atoms with E-state index in [-0.39, 0.29) is 0 Å². The van der Waals surface area contributed by atoms with Gasteiger partial charge in [-0.25, -0.2) is 0 Å². The summed E-state index contributed by atoms with van der Waals surface area (Å²) in [4.78, 5) is 14.2. The number of hydrogen-bond donors (Lipinski definition) is 1. The van der Waals surface area contributed by atoms with Crippen LogP contribution >= 0.6 is 11.3 Å². The number of piperidine rings is 1. The smallest absolute Gasteiger partial charge is 0.225 e. The zero-order valence-corrected chi connectivity index (χ0v) is 12.3. The number of amides is 1. The molecule has 1 aliphatic heterocycles. The highest BCUT2D eigenvalue weighted by molar-refractivity contribution is 7.07. The van der Waals surface area contributed by atoms with Gasteiger partial charge >= 0.3 is 0 Å². The molecule has 104 valence electrons. The molecule has 1 saturated heterocycles. The number of thiophene rings is 1. The summed E-state index contributed by atoms with van der Waals surface area (Å²) in [6.45, 7) is 5.07. The third kappa shape index (κ3) is 3.18. The summed E-state index contributed by atoms with van der Waals surface area (Å²) in [5.74, 6) is 1.32. The molecule has 2 unspecified atom stereocenters. The molecular weight excluding hydrogens is 256 g/mol. The molecule has 1 aliphatic carbocycles. The second kappa shape index (κ2) is 5.63. The van der Waals surface area contributed by atoms with Gasteiger partial charge in [-0.1, -0.05) is 6.92 Å². The fourth-order valence-corrected chi connectivity index (χ4v) is 3.55. The Morgan fingerprint density at radius 3 is 2.95 bits per heavy atom. The third-order valence-corrected chi connectivity index (χ3v) is 5.02. The normalized spacial score (nSPS) is 27.5. The second-order valence-electron chi connectivity index (χ2n) is 5.94. The van der Waals surface area contributed by atoms with E-state index in [9.17, 15) is 4.79 Å². The van der Waals surface area contributed by atoms with Crippen molar-refractivity contribution in [3.8, 4) is 0 Å². The molecule has 0 bridgehead atoms. The molecule has 1 aromatic rings. The summed E-state index contributed by atoms with van der Waals surface area (Å²) in [6.07, 6.45) is 3.32. The molecule has 4 heteroatoms. The lowest BCUT2D eigenvalue weighted by molar-refractivity contribution is -0.134. The predicted molar refractivity (Wildman–Crippen MR) is 78.0 cm³/mol. The van der Waals surface area contributed by atoms with E-state index in [2.05, 4.69) is 34.0 Å². The van der Waals surface area contributed by atoms with Crippen molar-refractivity contribution in [1.82, 2.24) is 10.2 Å². The van der Waals surface area contributed by atoms with Crippen molar-refractivity contribution in [2.75, 3.05) is 13.1 Å². The average Bonchev–Trinajstić information content (AvgIpc) is 3.13. The molecular formula is C15H22N2OS. The van der Waals surface area contributed by atoms with Crippen LogP contribution in [0.25, 0.3) is 0 Å². The van der Waals surface area contributed by atoms with Gasteiger partial charge in [-0.05, 0) is 47.6 Å². The maximum Gasteiger partial charge on any atom is 0.225 e. The first-order chi connectivity index (χ1) is 9.24. The molecule has 0 radical (unpaired) electrons. The lowest BCUT2D eigenvalue weighted by Gasteiger charge is -2.37. The SMILES string of the molecule is CC1CN(C(=O)C2CC2)CCC1NCc1ccsc1. The number of rotatable bonds is 4. The van der Waals surface area contributed by atoms with Crippen molar-refractivity contribution in [2.45, 2.75) is 38.8 Å². The van der Waals surface area contributed by atoms with Crippen LogP contribution in [-0.4, -0.2) is 29.9 Å². The van der Waals surface area contributed by atoms with Crippen molar-refractivity contribution in [3.63, 3.8) is 0 Å². The second-order valence-corrected chi connectivity index (χ2v) is 6.72. The maximum atomic E-state index is 12.1. The van der Waals surface area contributed by atoms with Gasteiger partial charge in [0.05, 0.1) is 0 Å².